The second-order valence-electron chi connectivity index (χ2n) is 4.35. The topological polar surface area (TPSA) is 20.2 Å². The predicted molar refractivity (Wildman–Crippen MR) is 72.6 cm³/mol. The lowest BCUT2D eigenvalue weighted by Gasteiger charge is -2.00. The zero-order valence-electron chi connectivity index (χ0n) is 10.7. The highest BCUT2D eigenvalue weighted by Gasteiger charge is 1.91. The fraction of sp³-hybridized carbons (Fsp3) is 0.733. The Bertz CT molecular complexity index is 161. The van der Waals surface area contributed by atoms with Crippen molar-refractivity contribution < 1.29 is 5.11 Å². The first-order chi connectivity index (χ1) is 7.91. The molecule has 94 valence electrons. The Morgan fingerprint density at radius 2 is 1.19 bits per heavy atom. The first-order valence-corrected chi connectivity index (χ1v) is 6.78. The molecular weight excluding hydrogens is 196 g/mol. The number of unbranched alkanes of at least 4 members (excludes halogenated alkanes) is 9. The summed E-state index contributed by atoms with van der Waals surface area (Å²) >= 11 is 0. The van der Waals surface area contributed by atoms with Gasteiger partial charge in [-0.05, 0) is 25.7 Å². The van der Waals surface area contributed by atoms with Gasteiger partial charge >= 0.3 is 0 Å². The molecule has 0 unspecified atom stereocenters. The van der Waals surface area contributed by atoms with E-state index in [9.17, 15) is 0 Å². The lowest BCUT2D eigenvalue weighted by Crippen LogP contribution is -1.81. The molecule has 0 bridgehead atoms. The monoisotopic (exact) mass is 224 g/mol. The van der Waals surface area contributed by atoms with E-state index < -0.39 is 0 Å². The van der Waals surface area contributed by atoms with Crippen molar-refractivity contribution in [2.45, 2.75) is 64.2 Å². The molecule has 0 spiro atoms. The molecule has 0 saturated carbocycles. The SMILES string of the molecule is C=CCCCCCCCCCC/C=C/CO. The van der Waals surface area contributed by atoms with Crippen LogP contribution < -0.4 is 0 Å². The first-order valence-electron chi connectivity index (χ1n) is 6.78. The van der Waals surface area contributed by atoms with Crippen molar-refractivity contribution in [2.75, 3.05) is 6.61 Å². The van der Waals surface area contributed by atoms with Gasteiger partial charge in [0.2, 0.25) is 0 Å². The van der Waals surface area contributed by atoms with Gasteiger partial charge in [0.1, 0.15) is 0 Å². The van der Waals surface area contributed by atoms with Gasteiger partial charge in [-0.2, -0.15) is 0 Å². The summed E-state index contributed by atoms with van der Waals surface area (Å²) in [6, 6.07) is 0. The van der Waals surface area contributed by atoms with Gasteiger partial charge in [-0.3, -0.25) is 0 Å². The normalized spacial score (nSPS) is 11.1. The summed E-state index contributed by atoms with van der Waals surface area (Å²) in [5, 5.41) is 8.53. The Morgan fingerprint density at radius 1 is 0.688 bits per heavy atom. The molecule has 0 amide bonds. The third kappa shape index (κ3) is 13.4. The molecule has 0 aromatic heterocycles. The van der Waals surface area contributed by atoms with Crippen LogP contribution >= 0.6 is 0 Å². The molecule has 1 N–H and O–H groups in total. The van der Waals surface area contributed by atoms with Crippen LogP contribution in [0.3, 0.4) is 0 Å². The van der Waals surface area contributed by atoms with Crippen molar-refractivity contribution in [3.8, 4) is 0 Å². The number of hydrogen-bond donors (Lipinski definition) is 1. The number of hydrogen-bond acceptors (Lipinski definition) is 1. The van der Waals surface area contributed by atoms with Gasteiger partial charge in [0.25, 0.3) is 0 Å². The number of aliphatic hydroxyl groups is 1. The molecule has 0 aromatic carbocycles. The van der Waals surface area contributed by atoms with E-state index in [1.165, 1.54) is 57.8 Å². The maximum Gasteiger partial charge on any atom is 0.0612 e. The minimum Gasteiger partial charge on any atom is -0.392 e. The fourth-order valence-corrected chi connectivity index (χ4v) is 1.80. The molecule has 0 rings (SSSR count). The predicted octanol–water partition coefficient (Wildman–Crippen LogP) is 4.62. The molecule has 0 radical (unpaired) electrons. The smallest absolute Gasteiger partial charge is 0.0612 e. The van der Waals surface area contributed by atoms with Crippen LogP contribution in [0.4, 0.5) is 0 Å². The molecule has 0 aromatic rings. The number of aliphatic hydroxyl groups excluding tert-OH is 1. The summed E-state index contributed by atoms with van der Waals surface area (Å²) in [6.07, 6.45) is 19.1. The molecule has 0 aliphatic heterocycles. The largest absolute Gasteiger partial charge is 0.392 e. The summed E-state index contributed by atoms with van der Waals surface area (Å²) < 4.78 is 0. The van der Waals surface area contributed by atoms with E-state index >= 15 is 0 Å². The van der Waals surface area contributed by atoms with E-state index in [2.05, 4.69) is 12.7 Å². The van der Waals surface area contributed by atoms with E-state index in [4.69, 9.17) is 5.11 Å². The molecule has 0 fully saturated rings. The van der Waals surface area contributed by atoms with E-state index in [1.54, 1.807) is 0 Å². The van der Waals surface area contributed by atoms with E-state index in [-0.39, 0.29) is 6.61 Å². The fourth-order valence-electron chi connectivity index (χ4n) is 1.80. The molecule has 0 aliphatic rings. The van der Waals surface area contributed by atoms with E-state index in [0.717, 1.165) is 6.42 Å². The zero-order chi connectivity index (χ0) is 11.9. The molecule has 16 heavy (non-hydrogen) atoms. The van der Waals surface area contributed by atoms with Crippen molar-refractivity contribution in [3.63, 3.8) is 0 Å². The molecule has 0 heterocycles. The average Bonchev–Trinajstić information content (AvgIpc) is 2.31. The van der Waals surface area contributed by atoms with Gasteiger partial charge in [-0.15, -0.1) is 6.58 Å². The summed E-state index contributed by atoms with van der Waals surface area (Å²) in [4.78, 5) is 0. The average molecular weight is 224 g/mol. The van der Waals surface area contributed by atoms with Crippen molar-refractivity contribution in [1.29, 1.82) is 0 Å². The van der Waals surface area contributed by atoms with Gasteiger partial charge in [-0.1, -0.05) is 56.8 Å². The second-order valence-corrected chi connectivity index (χ2v) is 4.35. The highest BCUT2D eigenvalue weighted by Crippen LogP contribution is 2.10. The second kappa shape index (κ2) is 14.4. The molecule has 0 atom stereocenters. The Balaban J connectivity index is 2.93. The first kappa shape index (κ1) is 15.4. The minimum atomic E-state index is 0.185. The Labute approximate surface area is 101 Å². The number of rotatable bonds is 12. The van der Waals surface area contributed by atoms with Gasteiger partial charge in [0.05, 0.1) is 6.61 Å². The van der Waals surface area contributed by atoms with Crippen molar-refractivity contribution in [3.05, 3.63) is 24.8 Å². The number of allylic oxidation sites excluding steroid dienone is 2. The van der Waals surface area contributed by atoms with E-state index in [0.29, 0.717) is 0 Å². The maximum atomic E-state index is 8.53. The maximum absolute atomic E-state index is 8.53. The van der Waals surface area contributed by atoms with Gasteiger partial charge in [0.15, 0.2) is 0 Å². The van der Waals surface area contributed by atoms with Crippen molar-refractivity contribution in [2.24, 2.45) is 0 Å². The summed E-state index contributed by atoms with van der Waals surface area (Å²) in [6.45, 7) is 3.91. The summed E-state index contributed by atoms with van der Waals surface area (Å²) in [5.74, 6) is 0. The zero-order valence-corrected chi connectivity index (χ0v) is 10.7. The Kier molecular flexibility index (Phi) is 13.9. The highest BCUT2D eigenvalue weighted by atomic mass is 16.2. The van der Waals surface area contributed by atoms with Crippen LogP contribution in [0.5, 0.6) is 0 Å². The molecular formula is C15H28O. The van der Waals surface area contributed by atoms with Crippen LogP contribution in [-0.4, -0.2) is 11.7 Å². The lowest BCUT2D eigenvalue weighted by molar-refractivity contribution is 0.342. The van der Waals surface area contributed by atoms with Crippen LogP contribution in [0.25, 0.3) is 0 Å². The summed E-state index contributed by atoms with van der Waals surface area (Å²) in [5.41, 5.74) is 0. The Morgan fingerprint density at radius 3 is 1.69 bits per heavy atom. The van der Waals surface area contributed by atoms with Crippen LogP contribution in [0.1, 0.15) is 64.2 Å². The van der Waals surface area contributed by atoms with Crippen LogP contribution in [0, 0.1) is 0 Å². The van der Waals surface area contributed by atoms with Gasteiger partial charge in [0, 0.05) is 0 Å². The molecule has 0 aliphatic carbocycles. The Hall–Kier alpha value is -0.560. The molecule has 1 heteroatoms. The van der Waals surface area contributed by atoms with Gasteiger partial charge < -0.3 is 5.11 Å². The third-order valence-corrected chi connectivity index (χ3v) is 2.80. The van der Waals surface area contributed by atoms with Crippen LogP contribution in [-0.2, 0) is 0 Å². The molecule has 0 saturated heterocycles. The molecule has 1 nitrogen and oxygen atoms in total. The quantitative estimate of drug-likeness (QED) is 0.379. The highest BCUT2D eigenvalue weighted by molar-refractivity contribution is 4.80. The van der Waals surface area contributed by atoms with Crippen LogP contribution in [0.2, 0.25) is 0 Å². The van der Waals surface area contributed by atoms with Gasteiger partial charge in [-0.25, -0.2) is 0 Å². The van der Waals surface area contributed by atoms with E-state index in [1.807, 2.05) is 12.2 Å². The standard InChI is InChI=1S/C15H28O/c1-2-3-4-5-6-7-8-9-10-11-12-13-14-15-16/h2,13-14,16H,1,3-12,15H2/b14-13+. The lowest BCUT2D eigenvalue weighted by atomic mass is 10.1. The third-order valence-electron chi connectivity index (χ3n) is 2.80. The van der Waals surface area contributed by atoms with Crippen LogP contribution in [0.15, 0.2) is 24.8 Å². The minimum absolute atomic E-state index is 0.185. The summed E-state index contributed by atoms with van der Waals surface area (Å²) in [7, 11) is 0. The van der Waals surface area contributed by atoms with Crippen molar-refractivity contribution in [1.82, 2.24) is 0 Å². The van der Waals surface area contributed by atoms with Crippen molar-refractivity contribution >= 4 is 0 Å².